The SMILES string of the molecule is CN[C@@H](CCC(=O)NCCC(C)(C)OCCC(C)(C)OC)C(=O)NCC(=O)NCC(=O)N[C@@H](Cc1ccccc1)C(=O)NCC(C)=O. The van der Waals surface area contributed by atoms with Crippen LogP contribution in [0.1, 0.15) is 65.9 Å². The molecule has 1 aromatic rings. The number of methoxy groups -OCH3 is 1. The Balaban J connectivity index is 2.43. The standard InChI is InChI=1S/C33H54N6O8/c1-23(40)20-37-31(45)26(19-24-11-9-8-10-12-24)39-29(43)22-36-28(42)21-38-30(44)25(34-6)13-14-27(41)35-17-15-33(4,5)47-18-16-32(2,3)46-7/h8-12,25-26,34H,13-22H2,1-7H3,(H,35,41)(H,36,42)(H,37,45)(H,38,44)(H,39,43)/t25-,26-/m0/s1. The summed E-state index contributed by atoms with van der Waals surface area (Å²) in [5.41, 5.74) is 0.0965. The number of ketones is 1. The Kier molecular flexibility index (Phi) is 18.5. The zero-order chi connectivity index (χ0) is 35.5. The summed E-state index contributed by atoms with van der Waals surface area (Å²) in [7, 11) is 3.24. The van der Waals surface area contributed by atoms with Crippen LogP contribution in [-0.2, 0) is 44.7 Å². The molecule has 0 fully saturated rings. The highest BCUT2D eigenvalue weighted by Gasteiger charge is 2.24. The summed E-state index contributed by atoms with van der Waals surface area (Å²) >= 11 is 0. The van der Waals surface area contributed by atoms with Crippen molar-refractivity contribution >= 4 is 35.3 Å². The summed E-state index contributed by atoms with van der Waals surface area (Å²) in [6, 6.07) is 7.35. The molecule has 14 nitrogen and oxygen atoms in total. The zero-order valence-corrected chi connectivity index (χ0v) is 28.9. The molecule has 264 valence electrons. The second-order valence-corrected chi connectivity index (χ2v) is 12.5. The van der Waals surface area contributed by atoms with Crippen molar-refractivity contribution in [3.05, 3.63) is 35.9 Å². The molecule has 47 heavy (non-hydrogen) atoms. The molecule has 6 N–H and O–H groups in total. The molecule has 0 aliphatic rings. The second kappa shape index (κ2) is 21.1. The summed E-state index contributed by atoms with van der Waals surface area (Å²) in [6.07, 6.45) is 1.83. The van der Waals surface area contributed by atoms with E-state index in [4.69, 9.17) is 9.47 Å². The molecule has 0 heterocycles. The van der Waals surface area contributed by atoms with Crippen LogP contribution in [0.15, 0.2) is 30.3 Å². The number of ether oxygens (including phenoxy) is 2. The van der Waals surface area contributed by atoms with Crippen molar-refractivity contribution in [2.75, 3.05) is 46.9 Å². The molecule has 5 amide bonds. The Bertz CT molecular complexity index is 1170. The van der Waals surface area contributed by atoms with Gasteiger partial charge in [0.2, 0.25) is 29.5 Å². The lowest BCUT2D eigenvalue weighted by atomic mass is 10.0. The van der Waals surface area contributed by atoms with Crippen molar-refractivity contribution in [3.63, 3.8) is 0 Å². The lowest BCUT2D eigenvalue weighted by molar-refractivity contribution is -0.131. The fourth-order valence-electron chi connectivity index (χ4n) is 4.19. The van der Waals surface area contributed by atoms with Crippen molar-refractivity contribution in [2.24, 2.45) is 0 Å². The molecule has 0 aliphatic heterocycles. The third-order valence-corrected chi connectivity index (χ3v) is 7.44. The number of likely N-dealkylation sites (N-methyl/N-ethyl adjacent to an activating group) is 1. The minimum atomic E-state index is -0.965. The van der Waals surface area contributed by atoms with Gasteiger partial charge in [-0.2, -0.15) is 0 Å². The Morgan fingerprint density at radius 1 is 0.745 bits per heavy atom. The smallest absolute Gasteiger partial charge is 0.243 e. The fourth-order valence-corrected chi connectivity index (χ4v) is 4.19. The molecule has 0 aliphatic carbocycles. The first kappa shape index (κ1) is 41.1. The topological polar surface area (TPSA) is 193 Å². The molecule has 14 heteroatoms. The second-order valence-electron chi connectivity index (χ2n) is 12.5. The Morgan fingerprint density at radius 3 is 1.98 bits per heavy atom. The van der Waals surface area contributed by atoms with Crippen LogP contribution in [0, 0.1) is 0 Å². The third kappa shape index (κ3) is 18.8. The predicted molar refractivity (Wildman–Crippen MR) is 177 cm³/mol. The number of Topliss-reactive ketones (excluding diaryl/α,β-unsaturated/α-hetero) is 1. The summed E-state index contributed by atoms with van der Waals surface area (Å²) in [5, 5.41) is 15.7. The van der Waals surface area contributed by atoms with Crippen LogP contribution in [0.3, 0.4) is 0 Å². The molecule has 1 aromatic carbocycles. The van der Waals surface area contributed by atoms with E-state index >= 15 is 0 Å². The summed E-state index contributed by atoms with van der Waals surface area (Å²) in [4.78, 5) is 73.7. The first-order valence-corrected chi connectivity index (χ1v) is 15.9. The van der Waals surface area contributed by atoms with E-state index in [0.29, 0.717) is 19.6 Å². The van der Waals surface area contributed by atoms with Gasteiger partial charge in [-0.25, -0.2) is 0 Å². The average molecular weight is 663 g/mol. The number of carbonyl (C=O) groups is 6. The fraction of sp³-hybridized carbons (Fsp3) is 0.636. The first-order chi connectivity index (χ1) is 22.1. The zero-order valence-electron chi connectivity index (χ0n) is 28.9. The van der Waals surface area contributed by atoms with E-state index in [0.717, 1.165) is 12.0 Å². The van der Waals surface area contributed by atoms with Crippen molar-refractivity contribution < 1.29 is 38.2 Å². The van der Waals surface area contributed by atoms with Gasteiger partial charge in [-0.1, -0.05) is 30.3 Å². The number of hydrogen-bond acceptors (Lipinski definition) is 9. The Labute approximate surface area is 278 Å². The van der Waals surface area contributed by atoms with Crippen molar-refractivity contribution in [3.8, 4) is 0 Å². The predicted octanol–water partition coefficient (Wildman–Crippen LogP) is 0.136. The molecule has 0 radical (unpaired) electrons. The van der Waals surface area contributed by atoms with Gasteiger partial charge in [0.15, 0.2) is 0 Å². The van der Waals surface area contributed by atoms with Gasteiger partial charge in [-0.15, -0.1) is 0 Å². The molecule has 0 spiro atoms. The van der Waals surface area contributed by atoms with Crippen LogP contribution in [-0.4, -0.2) is 106 Å². The van der Waals surface area contributed by atoms with E-state index in [-0.39, 0.29) is 49.6 Å². The monoisotopic (exact) mass is 662 g/mol. The summed E-state index contributed by atoms with van der Waals surface area (Å²) < 4.78 is 11.4. The van der Waals surface area contributed by atoms with Crippen LogP contribution in [0.4, 0.5) is 0 Å². The third-order valence-electron chi connectivity index (χ3n) is 7.44. The summed E-state index contributed by atoms with van der Waals surface area (Å²) in [6.45, 7) is 9.20. The molecular weight excluding hydrogens is 608 g/mol. The van der Waals surface area contributed by atoms with Gasteiger partial charge >= 0.3 is 0 Å². The molecule has 1 rings (SSSR count). The van der Waals surface area contributed by atoms with E-state index < -0.39 is 47.9 Å². The van der Waals surface area contributed by atoms with Gasteiger partial charge in [-0.3, -0.25) is 28.8 Å². The molecule has 0 aromatic heterocycles. The van der Waals surface area contributed by atoms with E-state index in [1.807, 2.05) is 33.8 Å². The van der Waals surface area contributed by atoms with Gasteiger partial charge in [-0.05, 0) is 66.5 Å². The molecule has 0 saturated heterocycles. The molecule has 0 bridgehead atoms. The largest absolute Gasteiger partial charge is 0.379 e. The molecule has 0 unspecified atom stereocenters. The van der Waals surface area contributed by atoms with Gasteiger partial charge < -0.3 is 41.4 Å². The number of hydrogen-bond donors (Lipinski definition) is 6. The van der Waals surface area contributed by atoms with Crippen molar-refractivity contribution in [1.29, 1.82) is 0 Å². The van der Waals surface area contributed by atoms with Gasteiger partial charge in [0.05, 0.1) is 43.5 Å². The maximum Gasteiger partial charge on any atom is 0.243 e. The normalized spacial score (nSPS) is 12.7. The van der Waals surface area contributed by atoms with Crippen LogP contribution >= 0.6 is 0 Å². The van der Waals surface area contributed by atoms with Crippen molar-refractivity contribution in [2.45, 2.75) is 90.0 Å². The van der Waals surface area contributed by atoms with E-state index in [9.17, 15) is 28.8 Å². The average Bonchev–Trinajstić information content (AvgIpc) is 3.01. The number of rotatable bonds is 23. The number of amides is 5. The van der Waals surface area contributed by atoms with Crippen LogP contribution in [0.25, 0.3) is 0 Å². The first-order valence-electron chi connectivity index (χ1n) is 15.9. The van der Waals surface area contributed by atoms with Crippen LogP contribution in [0.5, 0.6) is 0 Å². The number of nitrogens with one attached hydrogen (secondary N) is 6. The molecule has 0 saturated carbocycles. The van der Waals surface area contributed by atoms with Gasteiger partial charge in [0.1, 0.15) is 11.8 Å². The highest BCUT2D eigenvalue weighted by Crippen LogP contribution is 2.18. The molecule has 2 atom stereocenters. The van der Waals surface area contributed by atoms with Crippen LogP contribution in [0.2, 0.25) is 0 Å². The van der Waals surface area contributed by atoms with E-state index in [2.05, 4.69) is 31.9 Å². The van der Waals surface area contributed by atoms with Crippen molar-refractivity contribution in [1.82, 2.24) is 31.9 Å². The lowest BCUT2D eigenvalue weighted by Gasteiger charge is -2.29. The summed E-state index contributed by atoms with van der Waals surface area (Å²) in [5.74, 6) is -2.68. The van der Waals surface area contributed by atoms with E-state index in [1.165, 1.54) is 6.92 Å². The maximum absolute atomic E-state index is 12.6. The van der Waals surface area contributed by atoms with Gasteiger partial charge in [0.25, 0.3) is 0 Å². The number of carbonyl (C=O) groups excluding carboxylic acids is 6. The molecular formula is C33H54N6O8. The minimum Gasteiger partial charge on any atom is -0.379 e. The quantitative estimate of drug-likeness (QED) is 0.0946. The Hall–Kier alpha value is -3.88. The highest BCUT2D eigenvalue weighted by molar-refractivity contribution is 5.93. The number of benzene rings is 1. The van der Waals surface area contributed by atoms with Gasteiger partial charge in [0, 0.05) is 26.5 Å². The highest BCUT2D eigenvalue weighted by atomic mass is 16.5. The minimum absolute atomic E-state index is 0.0960. The van der Waals surface area contributed by atoms with E-state index in [1.54, 1.807) is 38.4 Å². The maximum atomic E-state index is 12.6. The Morgan fingerprint density at radius 2 is 1.36 bits per heavy atom. The van der Waals surface area contributed by atoms with Crippen LogP contribution < -0.4 is 31.9 Å². The lowest BCUT2D eigenvalue weighted by Crippen LogP contribution is -2.52.